The van der Waals surface area contributed by atoms with Crippen LogP contribution in [0.3, 0.4) is 0 Å². The number of aryl methyl sites for hydroxylation is 1. The van der Waals surface area contributed by atoms with Crippen molar-refractivity contribution in [2.75, 3.05) is 6.61 Å². The molecule has 7 heteroatoms. The van der Waals surface area contributed by atoms with Gasteiger partial charge in [-0.25, -0.2) is 4.79 Å². The minimum atomic E-state index is -0.504. The van der Waals surface area contributed by atoms with Gasteiger partial charge in [0.15, 0.2) is 0 Å². The number of H-pyrrole nitrogens is 1. The molecule has 1 fully saturated rings. The number of nitrogens with one attached hydrogen (secondary N) is 2. The molecule has 2 atom stereocenters. The van der Waals surface area contributed by atoms with Crippen molar-refractivity contribution >= 4 is 16.8 Å². The number of fused-ring (bicyclic) bond motifs is 1. The molecule has 0 spiro atoms. The largest absolute Gasteiger partial charge is 0.376 e. The highest BCUT2D eigenvalue weighted by atomic mass is 16.5. The van der Waals surface area contributed by atoms with Gasteiger partial charge < -0.3 is 10.1 Å². The fourth-order valence-electron chi connectivity index (χ4n) is 3.06. The molecule has 0 bridgehead atoms. The van der Waals surface area contributed by atoms with Crippen LogP contribution in [0.15, 0.2) is 33.9 Å². The summed E-state index contributed by atoms with van der Waals surface area (Å²) in [7, 11) is 0. The molecule has 0 radical (unpaired) electrons. The van der Waals surface area contributed by atoms with Crippen molar-refractivity contribution in [3.8, 4) is 0 Å². The summed E-state index contributed by atoms with van der Waals surface area (Å²) in [5, 5.41) is 3.44. The first-order chi connectivity index (χ1) is 11.4. The maximum absolute atomic E-state index is 12.3. The van der Waals surface area contributed by atoms with Crippen molar-refractivity contribution in [3.63, 3.8) is 0 Å². The first kappa shape index (κ1) is 16.4. The Labute approximate surface area is 138 Å². The molecule has 1 aromatic carbocycles. The van der Waals surface area contributed by atoms with Gasteiger partial charge in [0.05, 0.1) is 22.5 Å². The molecule has 1 aliphatic heterocycles. The lowest BCUT2D eigenvalue weighted by Crippen LogP contribution is -2.50. The van der Waals surface area contributed by atoms with E-state index in [1.165, 1.54) is 4.57 Å². The Balaban J connectivity index is 1.78. The summed E-state index contributed by atoms with van der Waals surface area (Å²) in [6.07, 6.45) is 0.873. The summed E-state index contributed by atoms with van der Waals surface area (Å²) in [6, 6.07) is 6.86. The monoisotopic (exact) mass is 331 g/mol. The SMILES string of the molecule is CC1OCCC1(C)NC(=O)CCn1c(=O)[nH]c(=O)c2ccccc21. The molecule has 7 nitrogen and oxygen atoms in total. The standard InChI is InChI=1S/C17H21N3O4/c1-11-17(2,8-10-24-11)19-14(21)7-9-20-13-6-4-3-5-12(13)15(22)18-16(20)23/h3-6,11H,7-10H2,1-2H3,(H,19,21)(H,18,22,23). The van der Waals surface area contributed by atoms with E-state index in [-0.39, 0.29) is 30.5 Å². The highest BCUT2D eigenvalue weighted by Gasteiger charge is 2.38. The Morgan fingerprint density at radius 3 is 2.88 bits per heavy atom. The van der Waals surface area contributed by atoms with Gasteiger partial charge in [-0.05, 0) is 32.4 Å². The number of nitrogens with zero attached hydrogens (tertiary/aromatic N) is 1. The molecule has 128 valence electrons. The van der Waals surface area contributed by atoms with E-state index in [1.807, 2.05) is 13.8 Å². The molecule has 1 amide bonds. The first-order valence-electron chi connectivity index (χ1n) is 8.05. The van der Waals surface area contributed by atoms with Crippen LogP contribution >= 0.6 is 0 Å². The smallest absolute Gasteiger partial charge is 0.328 e. The third kappa shape index (κ3) is 2.99. The Kier molecular flexibility index (Phi) is 4.28. The molecule has 0 aliphatic carbocycles. The number of amides is 1. The van der Waals surface area contributed by atoms with E-state index in [2.05, 4.69) is 10.3 Å². The third-order valence-electron chi connectivity index (χ3n) is 4.78. The lowest BCUT2D eigenvalue weighted by molar-refractivity contribution is -0.123. The zero-order valence-corrected chi connectivity index (χ0v) is 13.8. The summed E-state index contributed by atoms with van der Waals surface area (Å²) in [5.41, 5.74) is -0.770. The second-order valence-electron chi connectivity index (χ2n) is 6.41. The molecule has 2 unspecified atom stereocenters. The van der Waals surface area contributed by atoms with Crippen LogP contribution in [-0.4, -0.2) is 33.7 Å². The predicted molar refractivity (Wildman–Crippen MR) is 90.0 cm³/mol. The molecule has 2 heterocycles. The van der Waals surface area contributed by atoms with Crippen LogP contribution in [0.1, 0.15) is 26.7 Å². The van der Waals surface area contributed by atoms with E-state index in [0.29, 0.717) is 17.5 Å². The minimum Gasteiger partial charge on any atom is -0.376 e. The van der Waals surface area contributed by atoms with Gasteiger partial charge in [-0.1, -0.05) is 12.1 Å². The summed E-state index contributed by atoms with van der Waals surface area (Å²) >= 11 is 0. The lowest BCUT2D eigenvalue weighted by Gasteiger charge is -2.29. The number of hydrogen-bond donors (Lipinski definition) is 2. The van der Waals surface area contributed by atoms with Crippen LogP contribution in [0.5, 0.6) is 0 Å². The average Bonchev–Trinajstić information content (AvgIpc) is 2.86. The van der Waals surface area contributed by atoms with Crippen molar-refractivity contribution in [2.24, 2.45) is 0 Å². The highest BCUT2D eigenvalue weighted by Crippen LogP contribution is 2.25. The van der Waals surface area contributed by atoms with E-state index < -0.39 is 11.2 Å². The number of aromatic nitrogens is 2. The molecular formula is C17H21N3O4. The van der Waals surface area contributed by atoms with E-state index in [9.17, 15) is 14.4 Å². The van der Waals surface area contributed by atoms with Crippen LogP contribution in [-0.2, 0) is 16.1 Å². The second-order valence-corrected chi connectivity index (χ2v) is 6.41. The molecule has 2 N–H and O–H groups in total. The van der Waals surface area contributed by atoms with Crippen LogP contribution in [0.2, 0.25) is 0 Å². The van der Waals surface area contributed by atoms with Crippen molar-refractivity contribution in [3.05, 3.63) is 45.1 Å². The maximum Gasteiger partial charge on any atom is 0.328 e. The summed E-state index contributed by atoms with van der Waals surface area (Å²) in [6.45, 7) is 4.73. The van der Waals surface area contributed by atoms with Gasteiger partial charge in [-0.2, -0.15) is 0 Å². The number of ether oxygens (including phenoxy) is 1. The van der Waals surface area contributed by atoms with E-state index in [4.69, 9.17) is 4.74 Å². The Morgan fingerprint density at radius 1 is 1.42 bits per heavy atom. The molecule has 3 rings (SSSR count). The van der Waals surface area contributed by atoms with Gasteiger partial charge in [0.2, 0.25) is 5.91 Å². The summed E-state index contributed by atoms with van der Waals surface area (Å²) in [4.78, 5) is 38.5. The van der Waals surface area contributed by atoms with Crippen LogP contribution in [0.25, 0.3) is 10.9 Å². The predicted octanol–water partition coefficient (Wildman–Crippen LogP) is 0.764. The van der Waals surface area contributed by atoms with Gasteiger partial charge in [0.1, 0.15) is 0 Å². The van der Waals surface area contributed by atoms with E-state index in [0.717, 1.165) is 6.42 Å². The van der Waals surface area contributed by atoms with Gasteiger partial charge in [0, 0.05) is 19.6 Å². The molecule has 1 aliphatic rings. The quantitative estimate of drug-likeness (QED) is 0.865. The summed E-state index contributed by atoms with van der Waals surface area (Å²) in [5.74, 6) is -0.142. The van der Waals surface area contributed by atoms with E-state index >= 15 is 0 Å². The lowest BCUT2D eigenvalue weighted by atomic mass is 9.94. The third-order valence-corrected chi connectivity index (χ3v) is 4.78. The fraction of sp³-hybridized carbons (Fsp3) is 0.471. The van der Waals surface area contributed by atoms with Gasteiger partial charge in [0.25, 0.3) is 5.56 Å². The van der Waals surface area contributed by atoms with Crippen LogP contribution in [0.4, 0.5) is 0 Å². The molecule has 24 heavy (non-hydrogen) atoms. The molecular weight excluding hydrogens is 310 g/mol. The topological polar surface area (TPSA) is 93.2 Å². The van der Waals surface area contributed by atoms with Crippen molar-refractivity contribution < 1.29 is 9.53 Å². The number of benzene rings is 1. The number of para-hydroxylation sites is 1. The van der Waals surface area contributed by atoms with E-state index in [1.54, 1.807) is 24.3 Å². The number of aromatic amines is 1. The van der Waals surface area contributed by atoms with Gasteiger partial charge in [-0.3, -0.25) is 19.1 Å². The number of carbonyl (C=O) groups excluding carboxylic acids is 1. The summed E-state index contributed by atoms with van der Waals surface area (Å²) < 4.78 is 6.94. The van der Waals surface area contributed by atoms with Crippen molar-refractivity contribution in [2.45, 2.75) is 44.9 Å². The molecule has 1 saturated heterocycles. The normalized spacial score (nSPS) is 23.5. The number of rotatable bonds is 4. The maximum atomic E-state index is 12.3. The Bertz CT molecular complexity index is 885. The van der Waals surface area contributed by atoms with Gasteiger partial charge in [-0.15, -0.1) is 0 Å². The average molecular weight is 331 g/mol. The minimum absolute atomic E-state index is 0.0434. The van der Waals surface area contributed by atoms with Crippen molar-refractivity contribution in [1.82, 2.24) is 14.9 Å². The fourth-order valence-corrected chi connectivity index (χ4v) is 3.06. The first-order valence-corrected chi connectivity index (χ1v) is 8.05. The zero-order chi connectivity index (χ0) is 17.3. The molecule has 2 aromatic rings. The molecule has 1 aromatic heterocycles. The van der Waals surface area contributed by atoms with Crippen LogP contribution in [0, 0.1) is 0 Å². The number of carbonyl (C=O) groups is 1. The Hall–Kier alpha value is -2.41. The zero-order valence-electron chi connectivity index (χ0n) is 13.8. The second kappa shape index (κ2) is 6.24. The van der Waals surface area contributed by atoms with Crippen LogP contribution < -0.4 is 16.6 Å². The Morgan fingerprint density at radius 2 is 2.17 bits per heavy atom. The van der Waals surface area contributed by atoms with Gasteiger partial charge >= 0.3 is 5.69 Å². The number of hydrogen-bond acceptors (Lipinski definition) is 4. The highest BCUT2D eigenvalue weighted by molar-refractivity contribution is 5.79. The van der Waals surface area contributed by atoms with Crippen molar-refractivity contribution in [1.29, 1.82) is 0 Å². The molecule has 0 saturated carbocycles.